The first kappa shape index (κ1) is 23.4. The summed E-state index contributed by atoms with van der Waals surface area (Å²) in [6.07, 6.45) is 7.08. The van der Waals surface area contributed by atoms with Gasteiger partial charge < -0.3 is 0 Å². The van der Waals surface area contributed by atoms with E-state index in [0.717, 1.165) is 25.8 Å². The number of carbonyl (C=O) groups excluding carboxylic acids is 1. The number of nitrogens with one attached hydrogen (secondary N) is 2. The molecule has 32 heavy (non-hydrogen) atoms. The van der Waals surface area contributed by atoms with Crippen LogP contribution in [0.15, 0.2) is 104 Å². The molecule has 0 atom stereocenters. The quantitative estimate of drug-likeness (QED) is 0.242. The van der Waals surface area contributed by atoms with Gasteiger partial charge in [0, 0.05) is 14.5 Å². The van der Waals surface area contributed by atoms with E-state index < -0.39 is 0 Å². The predicted molar refractivity (Wildman–Crippen MR) is 141 cm³/mol. The molecule has 0 aliphatic heterocycles. The van der Waals surface area contributed by atoms with Gasteiger partial charge in [0.05, 0.1) is 18.1 Å². The van der Waals surface area contributed by atoms with Crippen LogP contribution >= 0.6 is 31.9 Å². The second-order valence-electron chi connectivity index (χ2n) is 6.53. The number of nitrogens with zero attached hydrogens (tertiary/aromatic N) is 2. The van der Waals surface area contributed by atoms with Gasteiger partial charge in [-0.3, -0.25) is 10.2 Å². The zero-order valence-corrected chi connectivity index (χ0v) is 20.1. The minimum atomic E-state index is -0.301. The summed E-state index contributed by atoms with van der Waals surface area (Å²) in [6.45, 7) is 0. The zero-order valence-electron chi connectivity index (χ0n) is 17.0. The smallest absolute Gasteiger partial charge is 0.271 e. The minimum absolute atomic E-state index is 0.301. The Balaban J connectivity index is 1.49. The van der Waals surface area contributed by atoms with E-state index in [2.05, 4.69) is 52.9 Å². The third-order valence-electron chi connectivity index (χ3n) is 4.09. The van der Waals surface area contributed by atoms with E-state index in [-0.39, 0.29) is 5.91 Å². The summed E-state index contributed by atoms with van der Waals surface area (Å²) < 4.78 is 1.58. The summed E-state index contributed by atoms with van der Waals surface area (Å²) >= 11 is 6.88. The largest absolute Gasteiger partial charge is 0.278 e. The van der Waals surface area contributed by atoms with Gasteiger partial charge in [-0.2, -0.15) is 10.2 Å². The zero-order chi connectivity index (χ0) is 22.6. The molecule has 0 spiro atoms. The molecule has 0 unspecified atom stereocenters. The first-order valence-corrected chi connectivity index (χ1v) is 11.3. The molecular weight excluding hydrogens is 532 g/mol. The van der Waals surface area contributed by atoms with Gasteiger partial charge in [0.25, 0.3) is 5.91 Å². The van der Waals surface area contributed by atoms with Crippen LogP contribution in [0, 0.1) is 0 Å². The predicted octanol–water partition coefficient (Wildman–Crippen LogP) is 6.67. The Hall–Kier alpha value is -3.29. The number of halogens is 2. The van der Waals surface area contributed by atoms with Crippen molar-refractivity contribution >= 4 is 68.0 Å². The number of hydrogen-bond acceptors (Lipinski definition) is 4. The monoisotopic (exact) mass is 550 g/mol. The molecule has 0 saturated carbocycles. The molecule has 0 fully saturated rings. The molecule has 3 aromatic carbocycles. The normalized spacial score (nSPS) is 12.3. The topological polar surface area (TPSA) is 65.8 Å². The Kier molecular flexibility index (Phi) is 9.16. The molecule has 0 bridgehead atoms. The standard InChI is InChI=1S/C25H20Br2N4O/c26-22(15-19-7-3-1-4-8-19)17-28-30-24-13-11-21(12-14-24)25(32)31-29-18-23(27)16-20-9-5-2-6-10-20/h1-18,30H,(H,31,32)/b22-15-,23-16+,28-17+,29-18+. The van der Waals surface area contributed by atoms with Gasteiger partial charge in [-0.25, -0.2) is 5.43 Å². The minimum Gasteiger partial charge on any atom is -0.278 e. The van der Waals surface area contributed by atoms with E-state index in [0.29, 0.717) is 5.56 Å². The van der Waals surface area contributed by atoms with Crippen molar-refractivity contribution in [1.82, 2.24) is 5.43 Å². The van der Waals surface area contributed by atoms with Gasteiger partial charge in [-0.05, 0) is 79.4 Å². The van der Waals surface area contributed by atoms with E-state index in [4.69, 9.17) is 0 Å². The lowest BCUT2D eigenvalue weighted by atomic mass is 10.2. The molecule has 0 aliphatic rings. The molecule has 3 rings (SSSR count). The molecule has 2 N–H and O–H groups in total. The van der Waals surface area contributed by atoms with Crippen LogP contribution in [0.4, 0.5) is 5.69 Å². The molecular formula is C25H20Br2N4O. The number of allylic oxidation sites excluding steroid dienone is 2. The van der Waals surface area contributed by atoms with E-state index in [1.807, 2.05) is 72.8 Å². The van der Waals surface area contributed by atoms with Crippen molar-refractivity contribution in [3.63, 3.8) is 0 Å². The lowest BCUT2D eigenvalue weighted by Crippen LogP contribution is -2.17. The summed E-state index contributed by atoms with van der Waals surface area (Å²) in [5, 5.41) is 8.17. The maximum absolute atomic E-state index is 12.2. The number of rotatable bonds is 8. The van der Waals surface area contributed by atoms with Crippen LogP contribution in [0.1, 0.15) is 21.5 Å². The summed E-state index contributed by atoms with van der Waals surface area (Å²) in [4.78, 5) is 12.2. The molecule has 5 nitrogen and oxygen atoms in total. The Labute approximate surface area is 203 Å². The third-order valence-corrected chi connectivity index (χ3v) is 4.96. The summed E-state index contributed by atoms with van der Waals surface area (Å²) in [7, 11) is 0. The van der Waals surface area contributed by atoms with E-state index >= 15 is 0 Å². The van der Waals surface area contributed by atoms with Crippen LogP contribution < -0.4 is 10.9 Å². The fraction of sp³-hybridized carbons (Fsp3) is 0. The van der Waals surface area contributed by atoms with Gasteiger partial charge in [0.2, 0.25) is 0 Å². The van der Waals surface area contributed by atoms with Gasteiger partial charge in [-0.1, -0.05) is 60.7 Å². The Bertz CT molecular complexity index is 1140. The number of carbonyl (C=O) groups is 1. The molecule has 0 aliphatic carbocycles. The van der Waals surface area contributed by atoms with Crippen molar-refractivity contribution in [2.75, 3.05) is 5.43 Å². The highest BCUT2D eigenvalue weighted by atomic mass is 79.9. The molecule has 0 radical (unpaired) electrons. The number of benzene rings is 3. The third kappa shape index (κ3) is 8.09. The number of hydrogen-bond donors (Lipinski definition) is 2. The molecule has 0 aromatic heterocycles. The van der Waals surface area contributed by atoms with Crippen molar-refractivity contribution in [1.29, 1.82) is 0 Å². The molecule has 0 saturated heterocycles. The molecule has 7 heteroatoms. The average molecular weight is 552 g/mol. The highest BCUT2D eigenvalue weighted by Crippen LogP contribution is 2.13. The molecule has 0 heterocycles. The molecule has 3 aromatic rings. The summed E-state index contributed by atoms with van der Waals surface area (Å²) in [5.74, 6) is -0.301. The van der Waals surface area contributed by atoms with Crippen molar-refractivity contribution in [3.8, 4) is 0 Å². The van der Waals surface area contributed by atoms with Crippen molar-refractivity contribution in [2.45, 2.75) is 0 Å². The Morgan fingerprint density at radius 1 is 0.688 bits per heavy atom. The average Bonchev–Trinajstić information content (AvgIpc) is 2.81. The van der Waals surface area contributed by atoms with Crippen LogP contribution in [0.3, 0.4) is 0 Å². The van der Waals surface area contributed by atoms with E-state index in [9.17, 15) is 4.79 Å². The van der Waals surface area contributed by atoms with Crippen molar-refractivity contribution in [2.24, 2.45) is 10.2 Å². The highest BCUT2D eigenvalue weighted by molar-refractivity contribution is 9.12. The first-order chi connectivity index (χ1) is 15.6. The maximum atomic E-state index is 12.2. The second kappa shape index (κ2) is 12.5. The van der Waals surface area contributed by atoms with Crippen LogP contribution in [-0.4, -0.2) is 18.3 Å². The maximum Gasteiger partial charge on any atom is 0.271 e. The van der Waals surface area contributed by atoms with Gasteiger partial charge in [-0.15, -0.1) is 0 Å². The van der Waals surface area contributed by atoms with Crippen LogP contribution in [-0.2, 0) is 0 Å². The fourth-order valence-electron chi connectivity index (χ4n) is 2.57. The lowest BCUT2D eigenvalue weighted by Gasteiger charge is -2.03. The van der Waals surface area contributed by atoms with Crippen molar-refractivity contribution < 1.29 is 4.79 Å². The summed E-state index contributed by atoms with van der Waals surface area (Å²) in [5.41, 5.74) is 8.80. The fourth-order valence-corrected chi connectivity index (χ4v) is 3.31. The SMILES string of the molecule is O=C(N/N=C/C(Br)=C\c1ccccc1)c1ccc(N/N=C/C(Br)=C/c2ccccc2)cc1. The Morgan fingerprint density at radius 2 is 1.19 bits per heavy atom. The number of hydrazone groups is 2. The van der Waals surface area contributed by atoms with Gasteiger partial charge in [0.1, 0.15) is 0 Å². The van der Waals surface area contributed by atoms with Gasteiger partial charge in [0.15, 0.2) is 0 Å². The van der Waals surface area contributed by atoms with Crippen LogP contribution in [0.25, 0.3) is 12.2 Å². The van der Waals surface area contributed by atoms with E-state index in [1.165, 1.54) is 6.21 Å². The van der Waals surface area contributed by atoms with Gasteiger partial charge >= 0.3 is 0 Å². The number of anilines is 1. The lowest BCUT2D eigenvalue weighted by molar-refractivity contribution is 0.0955. The second-order valence-corrected chi connectivity index (χ2v) is 8.36. The summed E-state index contributed by atoms with van der Waals surface area (Å²) in [6, 6.07) is 26.7. The van der Waals surface area contributed by atoms with Crippen LogP contribution in [0.5, 0.6) is 0 Å². The molecule has 1 amide bonds. The van der Waals surface area contributed by atoms with Crippen molar-refractivity contribution in [3.05, 3.63) is 111 Å². The Morgan fingerprint density at radius 3 is 1.72 bits per heavy atom. The van der Waals surface area contributed by atoms with E-state index in [1.54, 1.807) is 30.5 Å². The number of amides is 1. The van der Waals surface area contributed by atoms with Crippen LogP contribution in [0.2, 0.25) is 0 Å². The highest BCUT2D eigenvalue weighted by Gasteiger charge is 2.03. The molecule has 160 valence electrons. The first-order valence-electron chi connectivity index (χ1n) is 9.67.